The molecule has 0 aliphatic heterocycles. The van der Waals surface area contributed by atoms with E-state index in [1.807, 2.05) is 46.9 Å². The molecule has 3 N–H and O–H groups in total. The van der Waals surface area contributed by atoms with E-state index in [0.29, 0.717) is 44.2 Å². The van der Waals surface area contributed by atoms with Gasteiger partial charge in [0.25, 0.3) is 5.91 Å². The molecule has 0 radical (unpaired) electrons. The lowest BCUT2D eigenvalue weighted by molar-refractivity contribution is -0.139. The number of carbonyl (C=O) groups is 3. The van der Waals surface area contributed by atoms with E-state index in [9.17, 15) is 14.4 Å². The number of halogens is 1. The summed E-state index contributed by atoms with van der Waals surface area (Å²) in [6.07, 6.45) is 1.86. The van der Waals surface area contributed by atoms with E-state index >= 15 is 0 Å². The summed E-state index contributed by atoms with van der Waals surface area (Å²) in [6.45, 7) is 0.0253. The van der Waals surface area contributed by atoms with Crippen molar-refractivity contribution in [2.75, 3.05) is 39.8 Å². The predicted octanol–water partition coefficient (Wildman–Crippen LogP) is 3.14. The molecule has 0 heterocycles. The van der Waals surface area contributed by atoms with Crippen molar-refractivity contribution in [2.24, 2.45) is 5.10 Å². The van der Waals surface area contributed by atoms with Crippen molar-refractivity contribution < 1.29 is 33.3 Å². The fourth-order valence-corrected chi connectivity index (χ4v) is 4.24. The number of rotatable bonds is 12. The molecule has 0 unspecified atom stereocenters. The molecule has 0 fully saturated rings. The smallest absolute Gasteiger partial charge is 0.329 e. The number of hydrogen-bond donors (Lipinski definition) is 3. The zero-order valence-corrected chi connectivity index (χ0v) is 24.3. The molecule has 0 saturated carbocycles. The van der Waals surface area contributed by atoms with E-state index in [4.69, 9.17) is 18.9 Å². The third-order valence-corrected chi connectivity index (χ3v) is 6.19. The van der Waals surface area contributed by atoms with Crippen molar-refractivity contribution in [1.82, 2.24) is 10.7 Å². The highest BCUT2D eigenvalue weighted by Gasteiger charge is 2.15. The molecule has 40 heavy (non-hydrogen) atoms. The number of amides is 3. The van der Waals surface area contributed by atoms with Crippen LogP contribution in [0.3, 0.4) is 0 Å². The Balaban J connectivity index is 1.49. The predicted molar refractivity (Wildman–Crippen MR) is 158 cm³/mol. The van der Waals surface area contributed by atoms with Crippen LogP contribution >= 0.6 is 22.6 Å². The molecule has 12 heteroatoms. The molecule has 3 rings (SSSR count). The fourth-order valence-electron chi connectivity index (χ4n) is 3.46. The summed E-state index contributed by atoms with van der Waals surface area (Å²) in [5, 5.41) is 9.16. The van der Waals surface area contributed by atoms with Crippen LogP contribution in [0.15, 0.2) is 65.8 Å². The average molecular weight is 660 g/mol. The first-order chi connectivity index (χ1) is 19.3. The van der Waals surface area contributed by atoms with Gasteiger partial charge in [0.05, 0.1) is 31.1 Å². The van der Waals surface area contributed by atoms with Gasteiger partial charge in [0.2, 0.25) is 0 Å². The number of methoxy groups -OCH3 is 3. The van der Waals surface area contributed by atoms with Gasteiger partial charge in [0.1, 0.15) is 0 Å². The van der Waals surface area contributed by atoms with Crippen molar-refractivity contribution in [3.05, 3.63) is 75.4 Å². The Morgan fingerprint density at radius 3 is 2.30 bits per heavy atom. The first-order valence-corrected chi connectivity index (χ1v) is 13.1. The van der Waals surface area contributed by atoms with Gasteiger partial charge in [-0.2, -0.15) is 5.10 Å². The minimum atomic E-state index is -0.908. The normalized spacial score (nSPS) is 10.5. The maximum atomic E-state index is 12.2. The largest absolute Gasteiger partial charge is 0.493 e. The van der Waals surface area contributed by atoms with E-state index in [1.165, 1.54) is 13.3 Å². The summed E-state index contributed by atoms with van der Waals surface area (Å²) in [7, 11) is 4.56. The van der Waals surface area contributed by atoms with Crippen LogP contribution in [-0.4, -0.2) is 58.4 Å². The van der Waals surface area contributed by atoms with Gasteiger partial charge in [-0.15, -0.1) is 0 Å². The minimum Gasteiger partial charge on any atom is -0.493 e. The Hall–Kier alpha value is -4.33. The molecule has 0 bridgehead atoms. The molecule has 0 atom stereocenters. The number of nitrogens with zero attached hydrogens (tertiary/aromatic N) is 1. The van der Waals surface area contributed by atoms with Gasteiger partial charge >= 0.3 is 11.8 Å². The molecule has 0 aromatic heterocycles. The van der Waals surface area contributed by atoms with Crippen molar-refractivity contribution in [3.8, 4) is 23.0 Å². The molecule has 210 valence electrons. The van der Waals surface area contributed by atoms with Crippen molar-refractivity contribution in [2.45, 2.75) is 6.42 Å². The monoisotopic (exact) mass is 660 g/mol. The van der Waals surface area contributed by atoms with Gasteiger partial charge in [-0.05, 0) is 76.5 Å². The van der Waals surface area contributed by atoms with Crippen molar-refractivity contribution in [3.63, 3.8) is 0 Å². The summed E-state index contributed by atoms with van der Waals surface area (Å²) in [5.74, 6) is -0.0936. The SMILES string of the molecule is COc1ccc(CCNC(=O)C(=O)N/N=C\c2cc(I)c(OCC(=O)Nc3ccccc3)c(OC)c2)cc1OC. The lowest BCUT2D eigenvalue weighted by atomic mass is 10.1. The highest BCUT2D eigenvalue weighted by atomic mass is 127. The van der Waals surface area contributed by atoms with Crippen LogP contribution in [0.2, 0.25) is 0 Å². The summed E-state index contributed by atoms with van der Waals surface area (Å²) in [5.41, 5.74) is 4.35. The van der Waals surface area contributed by atoms with Gasteiger partial charge in [-0.25, -0.2) is 5.43 Å². The standard InChI is InChI=1S/C28H29IN4O7/c1-37-22-10-9-18(14-23(22)38-2)11-12-30-27(35)28(36)33-31-16-19-13-21(29)26(24(15-19)39-3)40-17-25(34)32-20-7-5-4-6-8-20/h4-10,13-16H,11-12,17H2,1-3H3,(H,30,35)(H,32,34)(H,33,36)/b31-16-. The molecule has 0 aliphatic carbocycles. The molecule has 3 amide bonds. The zero-order valence-electron chi connectivity index (χ0n) is 22.2. The van der Waals surface area contributed by atoms with Gasteiger partial charge in [-0.1, -0.05) is 24.3 Å². The quantitative estimate of drug-likeness (QED) is 0.118. The Kier molecular flexibility index (Phi) is 11.6. The molecule has 0 spiro atoms. The Labute approximate surface area is 245 Å². The van der Waals surface area contributed by atoms with E-state index < -0.39 is 11.8 Å². The van der Waals surface area contributed by atoms with E-state index in [0.717, 1.165) is 5.56 Å². The molecular weight excluding hydrogens is 631 g/mol. The molecule has 0 saturated heterocycles. The van der Waals surface area contributed by atoms with Crippen LogP contribution in [-0.2, 0) is 20.8 Å². The van der Waals surface area contributed by atoms with Crippen molar-refractivity contribution >= 4 is 52.2 Å². The van der Waals surface area contributed by atoms with E-state index in [-0.39, 0.29) is 19.1 Å². The first-order valence-electron chi connectivity index (χ1n) is 12.0. The zero-order chi connectivity index (χ0) is 28.9. The number of benzene rings is 3. The number of nitrogens with one attached hydrogen (secondary N) is 3. The number of hydrazone groups is 1. The number of para-hydroxylation sites is 1. The minimum absolute atomic E-state index is 0.216. The number of ether oxygens (including phenoxy) is 4. The maximum absolute atomic E-state index is 12.2. The summed E-state index contributed by atoms with van der Waals surface area (Å²) in [4.78, 5) is 36.5. The van der Waals surface area contributed by atoms with Crippen LogP contribution in [0, 0.1) is 3.57 Å². The Morgan fingerprint density at radius 2 is 1.60 bits per heavy atom. The molecule has 11 nitrogen and oxygen atoms in total. The maximum Gasteiger partial charge on any atom is 0.329 e. The molecule has 3 aromatic rings. The molecule has 0 aliphatic rings. The summed E-state index contributed by atoms with van der Waals surface area (Å²) < 4.78 is 22.2. The number of anilines is 1. The second kappa shape index (κ2) is 15.3. The van der Waals surface area contributed by atoms with Crippen molar-refractivity contribution in [1.29, 1.82) is 0 Å². The third-order valence-electron chi connectivity index (χ3n) is 5.39. The lowest BCUT2D eigenvalue weighted by Crippen LogP contribution is -2.38. The van der Waals surface area contributed by atoms with Gasteiger partial charge in [-0.3, -0.25) is 14.4 Å². The van der Waals surface area contributed by atoms with Crippen LogP contribution in [0.25, 0.3) is 0 Å². The highest BCUT2D eigenvalue weighted by Crippen LogP contribution is 2.33. The first kappa shape index (κ1) is 30.2. The molecule has 3 aromatic carbocycles. The average Bonchev–Trinajstić information content (AvgIpc) is 2.96. The fraction of sp³-hybridized carbons (Fsp3) is 0.214. The summed E-state index contributed by atoms with van der Waals surface area (Å²) >= 11 is 2.04. The number of hydrogen-bond acceptors (Lipinski definition) is 8. The van der Waals surface area contributed by atoms with E-state index in [1.54, 1.807) is 50.6 Å². The van der Waals surface area contributed by atoms with E-state index in [2.05, 4.69) is 21.2 Å². The second-order valence-electron chi connectivity index (χ2n) is 8.13. The van der Waals surface area contributed by atoms with Crippen LogP contribution in [0.1, 0.15) is 11.1 Å². The topological polar surface area (TPSA) is 137 Å². The Bertz CT molecular complexity index is 1370. The van der Waals surface area contributed by atoms with Gasteiger partial charge in [0, 0.05) is 12.2 Å². The summed E-state index contributed by atoms with van der Waals surface area (Å²) in [6, 6.07) is 17.8. The third kappa shape index (κ3) is 8.86. The lowest BCUT2D eigenvalue weighted by Gasteiger charge is -2.13. The van der Waals surface area contributed by atoms with Crippen LogP contribution in [0.5, 0.6) is 23.0 Å². The highest BCUT2D eigenvalue weighted by molar-refractivity contribution is 14.1. The number of carbonyl (C=O) groups excluding carboxylic acids is 3. The van der Waals surface area contributed by atoms with Crippen LogP contribution < -0.4 is 35.0 Å². The van der Waals surface area contributed by atoms with Gasteiger partial charge in [0.15, 0.2) is 29.6 Å². The van der Waals surface area contributed by atoms with Gasteiger partial charge < -0.3 is 29.6 Å². The second-order valence-corrected chi connectivity index (χ2v) is 9.29. The van der Waals surface area contributed by atoms with Crippen LogP contribution in [0.4, 0.5) is 5.69 Å². The Morgan fingerprint density at radius 1 is 0.875 bits per heavy atom. The molecular formula is C28H29IN4O7.